The lowest BCUT2D eigenvalue weighted by atomic mass is 10.0. The number of fused-ring (bicyclic) bond motifs is 7. The van der Waals surface area contributed by atoms with E-state index < -0.39 is 5.92 Å². The molecule has 0 saturated carbocycles. The fourth-order valence-corrected chi connectivity index (χ4v) is 4.91. The zero-order valence-corrected chi connectivity index (χ0v) is 20.1. The van der Waals surface area contributed by atoms with Gasteiger partial charge in [-0.2, -0.15) is 0 Å². The van der Waals surface area contributed by atoms with Gasteiger partial charge in [0.05, 0.1) is 11.3 Å². The van der Waals surface area contributed by atoms with Crippen molar-refractivity contribution >= 4 is 35.4 Å². The zero-order valence-electron chi connectivity index (χ0n) is 20.1. The number of carbonyl (C=O) groups is 2. The van der Waals surface area contributed by atoms with Gasteiger partial charge in [-0.15, -0.1) is 0 Å². The third-order valence-electron chi connectivity index (χ3n) is 6.97. The Labute approximate surface area is 204 Å². The molecule has 0 radical (unpaired) electrons. The molecule has 10 heteroatoms. The summed E-state index contributed by atoms with van der Waals surface area (Å²) < 4.78 is 14.7. The summed E-state index contributed by atoms with van der Waals surface area (Å²) in [7, 11) is 0. The number of anilines is 2. The van der Waals surface area contributed by atoms with Gasteiger partial charge in [-0.25, -0.2) is 14.4 Å². The van der Waals surface area contributed by atoms with Crippen molar-refractivity contribution in [3.63, 3.8) is 0 Å². The normalized spacial score (nSPS) is 21.2. The van der Waals surface area contributed by atoms with E-state index in [1.165, 1.54) is 12.4 Å². The molecule has 6 rings (SSSR count). The average molecular weight is 480 g/mol. The number of carbonyl (C=O) groups excluding carboxylic acids is 2. The van der Waals surface area contributed by atoms with Crippen LogP contribution in [0.5, 0.6) is 0 Å². The lowest BCUT2D eigenvalue weighted by Crippen LogP contribution is -2.49. The molecule has 0 spiro atoms. The molecular weight excluding hydrogens is 449 g/mol. The molecule has 1 fully saturated rings. The van der Waals surface area contributed by atoms with Gasteiger partial charge in [0.2, 0.25) is 11.8 Å². The van der Waals surface area contributed by atoms with E-state index in [4.69, 9.17) is 0 Å². The first-order valence-corrected chi connectivity index (χ1v) is 12.2. The lowest BCUT2D eigenvalue weighted by molar-refractivity contribution is -0.131. The molecule has 4 aliphatic rings. The number of piperazine rings is 1. The summed E-state index contributed by atoms with van der Waals surface area (Å²) in [4.78, 5) is 45.2. The molecule has 184 valence electrons. The maximum absolute atomic E-state index is 14.7. The third kappa shape index (κ3) is 4.75. The van der Waals surface area contributed by atoms with Crippen LogP contribution in [-0.2, 0) is 16.1 Å². The summed E-state index contributed by atoms with van der Waals surface area (Å²) in [6, 6.07) is 4.95. The molecule has 4 bridgehead atoms. The van der Waals surface area contributed by atoms with E-state index in [-0.39, 0.29) is 23.7 Å². The SMILES string of the molecule is CC(C)N1CCCC(=O)N2CCN(CC2)c2ncnc3c2C(C=Nc2ccc(F)c(c2)C1)C(=O)N3. The molecule has 1 aromatic carbocycles. The van der Waals surface area contributed by atoms with Crippen molar-refractivity contribution in [1.82, 2.24) is 19.8 Å². The van der Waals surface area contributed by atoms with Crippen molar-refractivity contribution in [1.29, 1.82) is 0 Å². The fourth-order valence-electron chi connectivity index (χ4n) is 4.91. The van der Waals surface area contributed by atoms with Gasteiger partial charge >= 0.3 is 0 Å². The van der Waals surface area contributed by atoms with Gasteiger partial charge in [0.25, 0.3) is 0 Å². The van der Waals surface area contributed by atoms with E-state index in [1.54, 1.807) is 18.3 Å². The largest absolute Gasteiger partial charge is 0.353 e. The number of nitrogens with zero attached hydrogens (tertiary/aromatic N) is 6. The summed E-state index contributed by atoms with van der Waals surface area (Å²) >= 11 is 0. The topological polar surface area (TPSA) is 94.0 Å². The number of aliphatic imine (C=N–C) groups is 1. The second-order valence-corrected chi connectivity index (χ2v) is 9.52. The van der Waals surface area contributed by atoms with E-state index in [1.807, 2.05) is 4.90 Å². The molecule has 9 nitrogen and oxygen atoms in total. The maximum atomic E-state index is 14.7. The fraction of sp³-hybridized carbons (Fsp3) is 0.480. The van der Waals surface area contributed by atoms with Crippen LogP contribution in [0.15, 0.2) is 29.5 Å². The molecule has 2 aromatic rings. The zero-order chi connectivity index (χ0) is 24.5. The second-order valence-electron chi connectivity index (χ2n) is 9.52. The van der Waals surface area contributed by atoms with Crippen LogP contribution in [0, 0.1) is 5.82 Å². The Morgan fingerprint density at radius 2 is 1.83 bits per heavy atom. The number of benzene rings is 1. The van der Waals surface area contributed by atoms with Crippen molar-refractivity contribution in [2.45, 2.75) is 45.2 Å². The van der Waals surface area contributed by atoms with E-state index in [9.17, 15) is 14.0 Å². The molecule has 4 aliphatic heterocycles. The van der Waals surface area contributed by atoms with Crippen LogP contribution in [0.3, 0.4) is 0 Å². The standard InChI is InChI=1S/C25H30FN7O2/c1-16(2)33-7-3-4-21(34)31-8-10-32(11-9-31)24-22-19(25(35)30-23(22)28-15-29-24)13-27-18-5-6-20(26)17(12-18)14-33/h5-6,12-13,15-16,19H,3-4,7-11,14H2,1-2H3,(H,28,29,30,35). The quantitative estimate of drug-likeness (QED) is 0.676. The number of nitrogens with one attached hydrogen (secondary N) is 1. The van der Waals surface area contributed by atoms with Crippen molar-refractivity contribution < 1.29 is 14.0 Å². The van der Waals surface area contributed by atoms with Gasteiger partial charge in [0.15, 0.2) is 0 Å². The van der Waals surface area contributed by atoms with Gasteiger partial charge in [0.1, 0.15) is 29.7 Å². The summed E-state index contributed by atoms with van der Waals surface area (Å²) in [6.07, 6.45) is 4.21. The van der Waals surface area contributed by atoms with Crippen LogP contribution in [-0.4, -0.2) is 76.6 Å². The molecule has 1 saturated heterocycles. The van der Waals surface area contributed by atoms with Crippen LogP contribution in [0.1, 0.15) is 43.7 Å². The molecule has 1 atom stereocenters. The average Bonchev–Trinajstić information content (AvgIpc) is 3.18. The van der Waals surface area contributed by atoms with E-state index in [2.05, 4.69) is 43.9 Å². The first-order valence-electron chi connectivity index (χ1n) is 12.2. The van der Waals surface area contributed by atoms with Gasteiger partial charge < -0.3 is 15.1 Å². The van der Waals surface area contributed by atoms with Gasteiger partial charge in [-0.05, 0) is 45.0 Å². The molecule has 1 N–H and O–H groups in total. The van der Waals surface area contributed by atoms with Crippen molar-refractivity contribution in [2.75, 3.05) is 42.9 Å². The van der Waals surface area contributed by atoms with Crippen LogP contribution in [0.4, 0.5) is 21.7 Å². The summed E-state index contributed by atoms with van der Waals surface area (Å²) in [5, 5.41) is 2.83. The third-order valence-corrected chi connectivity index (χ3v) is 6.97. The highest BCUT2D eigenvalue weighted by molar-refractivity contribution is 6.13. The molecular formula is C25H30FN7O2. The number of hydrogen-bond acceptors (Lipinski definition) is 7. The number of aromatic nitrogens is 2. The lowest BCUT2D eigenvalue weighted by Gasteiger charge is -2.36. The van der Waals surface area contributed by atoms with Crippen LogP contribution in [0.25, 0.3) is 0 Å². The van der Waals surface area contributed by atoms with Crippen molar-refractivity contribution in [3.8, 4) is 0 Å². The van der Waals surface area contributed by atoms with Crippen molar-refractivity contribution in [2.24, 2.45) is 4.99 Å². The smallest absolute Gasteiger partial charge is 0.238 e. The van der Waals surface area contributed by atoms with Gasteiger partial charge in [0, 0.05) is 57.0 Å². The van der Waals surface area contributed by atoms with E-state index in [0.29, 0.717) is 80.6 Å². The Hall–Kier alpha value is -3.40. The number of halogens is 1. The number of rotatable bonds is 1. The minimum Gasteiger partial charge on any atom is -0.353 e. The first-order chi connectivity index (χ1) is 16.9. The second kappa shape index (κ2) is 9.69. The molecule has 2 amide bonds. The predicted molar refractivity (Wildman–Crippen MR) is 132 cm³/mol. The molecule has 1 aromatic heterocycles. The molecule has 0 aliphatic carbocycles. The van der Waals surface area contributed by atoms with Crippen LogP contribution >= 0.6 is 0 Å². The monoisotopic (exact) mass is 479 g/mol. The Morgan fingerprint density at radius 3 is 2.60 bits per heavy atom. The predicted octanol–water partition coefficient (Wildman–Crippen LogP) is 2.71. The van der Waals surface area contributed by atoms with Gasteiger partial charge in [-0.1, -0.05) is 0 Å². The van der Waals surface area contributed by atoms with E-state index >= 15 is 0 Å². The summed E-state index contributed by atoms with van der Waals surface area (Å²) in [6.45, 7) is 7.73. The Balaban J connectivity index is 1.53. The Kier molecular flexibility index (Phi) is 6.46. The van der Waals surface area contributed by atoms with Gasteiger partial charge in [-0.3, -0.25) is 19.5 Å². The Morgan fingerprint density at radius 1 is 1.06 bits per heavy atom. The van der Waals surface area contributed by atoms with Crippen molar-refractivity contribution in [3.05, 3.63) is 41.5 Å². The molecule has 1 unspecified atom stereocenters. The number of amides is 2. The minimum absolute atomic E-state index is 0.137. The highest BCUT2D eigenvalue weighted by atomic mass is 19.1. The Bertz CT molecular complexity index is 1160. The van der Waals surface area contributed by atoms with Crippen LogP contribution in [0.2, 0.25) is 0 Å². The van der Waals surface area contributed by atoms with E-state index in [0.717, 1.165) is 0 Å². The highest BCUT2D eigenvalue weighted by Crippen LogP contribution is 2.37. The first kappa shape index (κ1) is 23.3. The highest BCUT2D eigenvalue weighted by Gasteiger charge is 2.36. The summed E-state index contributed by atoms with van der Waals surface area (Å²) in [5.74, 6) is 0.137. The molecule has 35 heavy (non-hydrogen) atoms. The summed E-state index contributed by atoms with van der Waals surface area (Å²) in [5.41, 5.74) is 1.81. The maximum Gasteiger partial charge on any atom is 0.238 e. The van der Waals surface area contributed by atoms with Crippen LogP contribution < -0.4 is 10.2 Å². The number of hydrogen-bond donors (Lipinski definition) is 1. The molecule has 5 heterocycles. The minimum atomic E-state index is -0.652.